The molecule has 1 N–H and O–H groups in total. The Bertz CT molecular complexity index is 1420. The Morgan fingerprint density at radius 3 is 2.50 bits per heavy atom. The van der Waals surface area contributed by atoms with Crippen LogP contribution in [0.15, 0.2) is 97.1 Å². The molecule has 5 heteroatoms. The van der Waals surface area contributed by atoms with Crippen LogP contribution in [-0.2, 0) is 6.54 Å². The third-order valence-corrected chi connectivity index (χ3v) is 6.80. The highest BCUT2D eigenvalue weighted by Gasteiger charge is 2.23. The van der Waals surface area contributed by atoms with Gasteiger partial charge in [-0.15, -0.1) is 0 Å². The summed E-state index contributed by atoms with van der Waals surface area (Å²) in [5, 5.41) is 5.74. The highest BCUT2D eigenvalue weighted by atomic mass is 32.2. The maximum Gasteiger partial charge on any atom is 0.251 e. The summed E-state index contributed by atoms with van der Waals surface area (Å²) < 4.78 is 2.27. The van der Waals surface area contributed by atoms with Gasteiger partial charge in [-0.05, 0) is 59.0 Å². The zero-order valence-electron chi connectivity index (χ0n) is 19.1. The fraction of sp³-hybridized carbons (Fsp3) is 0.172. The van der Waals surface area contributed by atoms with Crippen molar-refractivity contribution in [3.63, 3.8) is 0 Å². The molecule has 0 aliphatic carbocycles. The smallest absolute Gasteiger partial charge is 0.251 e. The third-order valence-electron chi connectivity index (χ3n) is 6.16. The van der Waals surface area contributed by atoms with Crippen molar-refractivity contribution < 1.29 is 4.79 Å². The lowest BCUT2D eigenvalue weighted by Gasteiger charge is -2.20. The van der Waals surface area contributed by atoms with Crippen LogP contribution in [-0.4, -0.2) is 27.5 Å². The normalized spacial score (nSPS) is 12.1. The number of aromatic nitrogens is 2. The molecule has 1 heterocycles. The Morgan fingerprint density at radius 2 is 1.65 bits per heavy atom. The van der Waals surface area contributed by atoms with Gasteiger partial charge in [0, 0.05) is 5.56 Å². The van der Waals surface area contributed by atoms with Crippen LogP contribution in [0.4, 0.5) is 0 Å². The standard InChI is InChI=1S/C29H27N3OS/c1-34-19-18-26(31-29(33)22-11-3-2-4-12-22)28-30-25-16-7-8-17-27(25)32(28)20-23-14-9-13-21-10-5-6-15-24(21)23/h2-17,26H,18-20H2,1H3,(H,31,33)/t26-/m0/s1. The predicted molar refractivity (Wildman–Crippen MR) is 142 cm³/mol. The van der Waals surface area contributed by atoms with Crippen molar-refractivity contribution in [1.82, 2.24) is 14.9 Å². The molecule has 0 aliphatic rings. The van der Waals surface area contributed by atoms with Gasteiger partial charge in [0.05, 0.1) is 23.6 Å². The number of thioether (sulfide) groups is 1. The minimum absolute atomic E-state index is 0.0736. The van der Waals surface area contributed by atoms with E-state index >= 15 is 0 Å². The summed E-state index contributed by atoms with van der Waals surface area (Å²) in [5.41, 5.74) is 3.92. The van der Waals surface area contributed by atoms with Crippen LogP contribution in [0.1, 0.15) is 34.2 Å². The van der Waals surface area contributed by atoms with Gasteiger partial charge in [0.2, 0.25) is 0 Å². The van der Waals surface area contributed by atoms with Gasteiger partial charge in [0.1, 0.15) is 5.82 Å². The average Bonchev–Trinajstić information content (AvgIpc) is 3.25. The lowest BCUT2D eigenvalue weighted by atomic mass is 10.0. The van der Waals surface area contributed by atoms with E-state index in [1.54, 1.807) is 11.8 Å². The summed E-state index contributed by atoms with van der Waals surface area (Å²) in [7, 11) is 0. The van der Waals surface area contributed by atoms with Gasteiger partial charge in [-0.2, -0.15) is 11.8 Å². The van der Waals surface area contributed by atoms with E-state index in [0.717, 1.165) is 29.0 Å². The van der Waals surface area contributed by atoms with E-state index in [1.807, 2.05) is 48.5 Å². The maximum absolute atomic E-state index is 13.1. The molecular formula is C29H27N3OS. The first-order valence-electron chi connectivity index (χ1n) is 11.5. The Labute approximate surface area is 204 Å². The van der Waals surface area contributed by atoms with Crippen LogP contribution in [0, 0.1) is 0 Å². The number of carbonyl (C=O) groups excluding carboxylic acids is 1. The Balaban J connectivity index is 1.58. The van der Waals surface area contributed by atoms with Crippen molar-refractivity contribution in [2.45, 2.75) is 19.0 Å². The van der Waals surface area contributed by atoms with Crippen molar-refractivity contribution in [2.75, 3.05) is 12.0 Å². The molecule has 0 bridgehead atoms. The molecule has 0 aliphatic heterocycles. The van der Waals surface area contributed by atoms with Crippen molar-refractivity contribution >= 4 is 39.5 Å². The summed E-state index contributed by atoms with van der Waals surface area (Å²) in [6.07, 6.45) is 2.90. The number of para-hydroxylation sites is 2. The van der Waals surface area contributed by atoms with Crippen LogP contribution in [0.25, 0.3) is 21.8 Å². The Hall–Kier alpha value is -3.57. The van der Waals surface area contributed by atoms with Crippen LogP contribution < -0.4 is 5.32 Å². The van der Waals surface area contributed by atoms with Crippen molar-refractivity contribution in [1.29, 1.82) is 0 Å². The van der Waals surface area contributed by atoms with Gasteiger partial charge in [0.15, 0.2) is 0 Å². The SMILES string of the molecule is CSCC[C@H](NC(=O)c1ccccc1)c1nc2ccccc2n1Cc1cccc2ccccc12. The zero-order valence-corrected chi connectivity index (χ0v) is 20.0. The molecule has 1 aromatic heterocycles. The number of amides is 1. The van der Waals surface area contributed by atoms with Crippen molar-refractivity contribution in [2.24, 2.45) is 0 Å². The molecule has 1 amide bonds. The molecule has 34 heavy (non-hydrogen) atoms. The highest BCUT2D eigenvalue weighted by Crippen LogP contribution is 2.27. The molecule has 4 nitrogen and oxygen atoms in total. The van der Waals surface area contributed by atoms with E-state index in [-0.39, 0.29) is 11.9 Å². The summed E-state index contributed by atoms with van der Waals surface area (Å²) in [6, 6.07) is 32.3. The Morgan fingerprint density at radius 1 is 0.912 bits per heavy atom. The first-order valence-corrected chi connectivity index (χ1v) is 12.9. The van der Waals surface area contributed by atoms with Crippen LogP contribution in [0.5, 0.6) is 0 Å². The highest BCUT2D eigenvalue weighted by molar-refractivity contribution is 7.98. The molecule has 0 radical (unpaired) electrons. The number of carbonyl (C=O) groups is 1. The fourth-order valence-corrected chi connectivity index (χ4v) is 4.93. The van der Waals surface area contributed by atoms with Crippen LogP contribution >= 0.6 is 11.8 Å². The van der Waals surface area contributed by atoms with Crippen molar-refractivity contribution in [3.05, 3.63) is 114 Å². The third kappa shape index (κ3) is 4.57. The molecular weight excluding hydrogens is 438 g/mol. The minimum Gasteiger partial charge on any atom is -0.342 e. The quantitative estimate of drug-likeness (QED) is 0.286. The van der Waals surface area contributed by atoms with Crippen molar-refractivity contribution in [3.8, 4) is 0 Å². The number of nitrogens with one attached hydrogen (secondary N) is 1. The lowest BCUT2D eigenvalue weighted by molar-refractivity contribution is 0.0933. The summed E-state index contributed by atoms with van der Waals surface area (Å²) in [5.74, 6) is 1.75. The number of nitrogens with zero attached hydrogens (tertiary/aromatic N) is 2. The van der Waals surface area contributed by atoms with Gasteiger partial charge >= 0.3 is 0 Å². The molecule has 0 saturated carbocycles. The van der Waals surface area contributed by atoms with E-state index in [0.29, 0.717) is 12.1 Å². The molecule has 1 atom stereocenters. The first-order chi connectivity index (χ1) is 16.7. The zero-order chi connectivity index (χ0) is 23.3. The summed E-state index contributed by atoms with van der Waals surface area (Å²) in [6.45, 7) is 0.689. The topological polar surface area (TPSA) is 46.9 Å². The minimum atomic E-state index is -0.192. The summed E-state index contributed by atoms with van der Waals surface area (Å²) >= 11 is 1.78. The number of hydrogen-bond acceptors (Lipinski definition) is 3. The second kappa shape index (κ2) is 10.1. The second-order valence-corrected chi connectivity index (χ2v) is 9.34. The monoisotopic (exact) mass is 465 g/mol. The first kappa shape index (κ1) is 22.2. The molecule has 0 fully saturated rings. The van der Waals surface area contributed by atoms with Crippen LogP contribution in [0.2, 0.25) is 0 Å². The second-order valence-electron chi connectivity index (χ2n) is 8.36. The number of benzene rings is 4. The molecule has 170 valence electrons. The van der Waals surface area contributed by atoms with E-state index in [2.05, 4.69) is 64.7 Å². The van der Waals surface area contributed by atoms with Gasteiger partial charge in [0.25, 0.3) is 5.91 Å². The fourth-order valence-electron chi connectivity index (χ4n) is 4.46. The van der Waals surface area contributed by atoms with E-state index in [9.17, 15) is 4.79 Å². The molecule has 0 unspecified atom stereocenters. The summed E-state index contributed by atoms with van der Waals surface area (Å²) in [4.78, 5) is 18.1. The molecule has 0 spiro atoms. The molecule has 5 aromatic rings. The number of imidazole rings is 1. The average molecular weight is 466 g/mol. The lowest BCUT2D eigenvalue weighted by Crippen LogP contribution is -2.31. The Kier molecular flexibility index (Phi) is 6.63. The number of rotatable bonds is 8. The molecule has 4 aromatic carbocycles. The largest absolute Gasteiger partial charge is 0.342 e. The van der Waals surface area contributed by atoms with E-state index in [4.69, 9.17) is 4.98 Å². The van der Waals surface area contributed by atoms with Crippen LogP contribution in [0.3, 0.4) is 0 Å². The van der Waals surface area contributed by atoms with E-state index in [1.165, 1.54) is 16.3 Å². The van der Waals surface area contributed by atoms with Gasteiger partial charge in [-0.25, -0.2) is 4.98 Å². The van der Waals surface area contributed by atoms with Gasteiger partial charge < -0.3 is 9.88 Å². The van der Waals surface area contributed by atoms with E-state index < -0.39 is 0 Å². The number of fused-ring (bicyclic) bond motifs is 2. The van der Waals surface area contributed by atoms with Gasteiger partial charge in [-0.1, -0.05) is 72.8 Å². The van der Waals surface area contributed by atoms with Gasteiger partial charge in [-0.3, -0.25) is 4.79 Å². The molecule has 0 saturated heterocycles. The predicted octanol–water partition coefficient (Wildman–Crippen LogP) is 6.46. The maximum atomic E-state index is 13.1. The number of hydrogen-bond donors (Lipinski definition) is 1. The molecule has 5 rings (SSSR count).